The van der Waals surface area contributed by atoms with Gasteiger partial charge in [-0.15, -0.1) is 0 Å². The molecule has 1 fully saturated rings. The standard InChI is InChI=1S/C13H19NO/c15-8-2-7-14-10-11-3-1-4-13(9-11)12-5-6-12/h1,3-4,9,12,14-15H,2,5-8,10H2. The average molecular weight is 205 g/mol. The van der Waals surface area contributed by atoms with Gasteiger partial charge in [-0.1, -0.05) is 24.3 Å². The summed E-state index contributed by atoms with van der Waals surface area (Å²) >= 11 is 0. The summed E-state index contributed by atoms with van der Waals surface area (Å²) in [6.45, 7) is 2.08. The lowest BCUT2D eigenvalue weighted by molar-refractivity contribution is 0.286. The number of benzene rings is 1. The molecule has 0 amide bonds. The Morgan fingerprint density at radius 1 is 1.33 bits per heavy atom. The van der Waals surface area contributed by atoms with Gasteiger partial charge >= 0.3 is 0 Å². The molecule has 1 aliphatic rings. The molecule has 0 saturated heterocycles. The van der Waals surface area contributed by atoms with Crippen molar-refractivity contribution >= 4 is 0 Å². The first-order chi connectivity index (χ1) is 7.40. The Balaban J connectivity index is 1.82. The molecule has 1 aromatic rings. The molecule has 2 rings (SSSR count). The second-order valence-electron chi connectivity index (χ2n) is 4.27. The zero-order chi connectivity index (χ0) is 10.5. The molecule has 0 bridgehead atoms. The molecule has 2 N–H and O–H groups in total. The number of rotatable bonds is 6. The number of hydrogen-bond donors (Lipinski definition) is 2. The van der Waals surface area contributed by atoms with Crippen molar-refractivity contribution < 1.29 is 5.11 Å². The predicted molar refractivity (Wildman–Crippen MR) is 61.8 cm³/mol. The first-order valence-electron chi connectivity index (χ1n) is 5.80. The highest BCUT2D eigenvalue weighted by Crippen LogP contribution is 2.40. The van der Waals surface area contributed by atoms with Crippen molar-refractivity contribution in [1.82, 2.24) is 5.32 Å². The second-order valence-corrected chi connectivity index (χ2v) is 4.27. The minimum atomic E-state index is 0.273. The zero-order valence-electron chi connectivity index (χ0n) is 9.08. The van der Waals surface area contributed by atoms with Crippen molar-refractivity contribution in [3.05, 3.63) is 35.4 Å². The molecule has 82 valence electrons. The van der Waals surface area contributed by atoms with E-state index in [2.05, 4.69) is 29.6 Å². The molecule has 2 heteroatoms. The van der Waals surface area contributed by atoms with E-state index in [0.29, 0.717) is 0 Å². The van der Waals surface area contributed by atoms with Gasteiger partial charge in [0.25, 0.3) is 0 Å². The van der Waals surface area contributed by atoms with Crippen LogP contribution < -0.4 is 5.32 Å². The number of aliphatic hydroxyl groups excluding tert-OH is 1. The molecule has 0 aliphatic heterocycles. The van der Waals surface area contributed by atoms with Gasteiger partial charge in [-0.05, 0) is 42.9 Å². The zero-order valence-corrected chi connectivity index (χ0v) is 9.08. The molecule has 0 heterocycles. The van der Waals surface area contributed by atoms with Gasteiger partial charge in [0.15, 0.2) is 0 Å². The van der Waals surface area contributed by atoms with E-state index in [1.54, 1.807) is 0 Å². The Kier molecular flexibility index (Phi) is 3.75. The van der Waals surface area contributed by atoms with Crippen LogP contribution >= 0.6 is 0 Å². The third kappa shape index (κ3) is 3.33. The quantitative estimate of drug-likeness (QED) is 0.696. The van der Waals surface area contributed by atoms with Gasteiger partial charge in [0.05, 0.1) is 0 Å². The van der Waals surface area contributed by atoms with Crippen LogP contribution in [0.5, 0.6) is 0 Å². The summed E-state index contributed by atoms with van der Waals surface area (Å²) in [4.78, 5) is 0. The Labute approximate surface area is 91.3 Å². The first-order valence-corrected chi connectivity index (χ1v) is 5.80. The summed E-state index contributed by atoms with van der Waals surface area (Å²) in [7, 11) is 0. The Morgan fingerprint density at radius 2 is 2.20 bits per heavy atom. The summed E-state index contributed by atoms with van der Waals surface area (Å²) < 4.78 is 0. The lowest BCUT2D eigenvalue weighted by atomic mass is 10.1. The molecule has 0 radical (unpaired) electrons. The molecule has 15 heavy (non-hydrogen) atoms. The molecular formula is C13H19NO. The van der Waals surface area contributed by atoms with Crippen LogP contribution in [-0.4, -0.2) is 18.3 Å². The van der Waals surface area contributed by atoms with Crippen LogP contribution in [0, 0.1) is 0 Å². The van der Waals surface area contributed by atoms with Crippen LogP contribution in [0.15, 0.2) is 24.3 Å². The topological polar surface area (TPSA) is 32.3 Å². The van der Waals surface area contributed by atoms with E-state index in [0.717, 1.165) is 25.4 Å². The van der Waals surface area contributed by atoms with Gasteiger partial charge in [0, 0.05) is 13.2 Å². The highest BCUT2D eigenvalue weighted by Gasteiger charge is 2.23. The van der Waals surface area contributed by atoms with Crippen molar-refractivity contribution in [2.75, 3.05) is 13.2 Å². The van der Waals surface area contributed by atoms with Crippen molar-refractivity contribution in [2.45, 2.75) is 31.7 Å². The van der Waals surface area contributed by atoms with Crippen LogP contribution in [0.2, 0.25) is 0 Å². The van der Waals surface area contributed by atoms with E-state index in [1.165, 1.54) is 24.0 Å². The van der Waals surface area contributed by atoms with Gasteiger partial charge in [-0.3, -0.25) is 0 Å². The van der Waals surface area contributed by atoms with Crippen molar-refractivity contribution in [1.29, 1.82) is 0 Å². The maximum atomic E-state index is 8.65. The second kappa shape index (κ2) is 5.29. The van der Waals surface area contributed by atoms with Crippen molar-refractivity contribution in [3.8, 4) is 0 Å². The summed E-state index contributed by atoms with van der Waals surface area (Å²) in [6.07, 6.45) is 3.56. The number of nitrogens with one attached hydrogen (secondary N) is 1. The molecule has 1 aromatic carbocycles. The van der Waals surface area contributed by atoms with Gasteiger partial charge in [0.2, 0.25) is 0 Å². The van der Waals surface area contributed by atoms with Crippen LogP contribution in [0.4, 0.5) is 0 Å². The van der Waals surface area contributed by atoms with Gasteiger partial charge in [0.1, 0.15) is 0 Å². The van der Waals surface area contributed by atoms with Crippen molar-refractivity contribution in [3.63, 3.8) is 0 Å². The monoisotopic (exact) mass is 205 g/mol. The third-order valence-corrected chi connectivity index (χ3v) is 2.84. The van der Waals surface area contributed by atoms with Gasteiger partial charge in [-0.25, -0.2) is 0 Å². The fourth-order valence-electron chi connectivity index (χ4n) is 1.81. The number of aliphatic hydroxyl groups is 1. The van der Waals surface area contributed by atoms with E-state index in [1.807, 2.05) is 0 Å². The van der Waals surface area contributed by atoms with E-state index < -0.39 is 0 Å². The molecule has 0 atom stereocenters. The molecule has 1 aliphatic carbocycles. The van der Waals surface area contributed by atoms with E-state index >= 15 is 0 Å². The molecule has 0 aromatic heterocycles. The number of hydrogen-bond acceptors (Lipinski definition) is 2. The average Bonchev–Trinajstić information content (AvgIpc) is 3.09. The summed E-state index contributed by atoms with van der Waals surface area (Å²) in [5.41, 5.74) is 2.86. The molecule has 0 unspecified atom stereocenters. The summed E-state index contributed by atoms with van der Waals surface area (Å²) in [5, 5.41) is 12.0. The maximum absolute atomic E-state index is 8.65. The Morgan fingerprint density at radius 3 is 2.93 bits per heavy atom. The van der Waals surface area contributed by atoms with Crippen LogP contribution in [-0.2, 0) is 6.54 Å². The van der Waals surface area contributed by atoms with Gasteiger partial charge < -0.3 is 10.4 Å². The third-order valence-electron chi connectivity index (χ3n) is 2.84. The summed E-state index contributed by atoms with van der Waals surface area (Å²) in [6, 6.07) is 8.85. The molecule has 2 nitrogen and oxygen atoms in total. The van der Waals surface area contributed by atoms with Gasteiger partial charge in [-0.2, -0.15) is 0 Å². The fourth-order valence-corrected chi connectivity index (χ4v) is 1.81. The molecule has 1 saturated carbocycles. The van der Waals surface area contributed by atoms with Crippen LogP contribution in [0.25, 0.3) is 0 Å². The highest BCUT2D eigenvalue weighted by atomic mass is 16.3. The van der Waals surface area contributed by atoms with Crippen molar-refractivity contribution in [2.24, 2.45) is 0 Å². The largest absolute Gasteiger partial charge is 0.396 e. The Bertz CT molecular complexity index is 307. The Hall–Kier alpha value is -0.860. The molecule has 0 spiro atoms. The minimum absolute atomic E-state index is 0.273. The van der Waals surface area contributed by atoms with E-state index in [-0.39, 0.29) is 6.61 Å². The summed E-state index contributed by atoms with van der Waals surface area (Å²) in [5.74, 6) is 0.836. The lowest BCUT2D eigenvalue weighted by Crippen LogP contribution is -2.15. The fraction of sp³-hybridized carbons (Fsp3) is 0.538. The molecular weight excluding hydrogens is 186 g/mol. The lowest BCUT2D eigenvalue weighted by Gasteiger charge is -2.05. The SMILES string of the molecule is OCCCNCc1cccc(C2CC2)c1. The maximum Gasteiger partial charge on any atom is 0.0443 e. The highest BCUT2D eigenvalue weighted by molar-refractivity contribution is 5.28. The minimum Gasteiger partial charge on any atom is -0.396 e. The normalized spacial score (nSPS) is 15.5. The first kappa shape index (κ1) is 10.7. The van der Waals surface area contributed by atoms with Crippen LogP contribution in [0.1, 0.15) is 36.3 Å². The van der Waals surface area contributed by atoms with Crippen LogP contribution in [0.3, 0.4) is 0 Å². The predicted octanol–water partition coefficient (Wildman–Crippen LogP) is 2.04. The van der Waals surface area contributed by atoms with E-state index in [9.17, 15) is 0 Å². The van der Waals surface area contributed by atoms with E-state index in [4.69, 9.17) is 5.11 Å². The smallest absolute Gasteiger partial charge is 0.0443 e.